The standard InChI is InChI=1S/C26H24F4N4O2.U/c1-3-15(2)23-32-20-9-19(27)21(34-12-25(10-22(34)35)13-36-14-25)8-18(20)24(33-23)31-11-16-5-4-6-17(7-16)26(28,29)30;/h4-6,8-9,15H,1,3,10-14H2,2H3,(H,31,32,33);/q-2;+2. The average molecular weight is 739 g/mol. The minimum Gasteiger partial charge on any atom is -0.380 e. The number of hydrogen-bond donors (Lipinski definition) is 1. The number of anilines is 2. The first-order valence-electron chi connectivity index (χ1n) is 11.6. The predicted octanol–water partition coefficient (Wildman–Crippen LogP) is 5.28. The third-order valence-corrected chi connectivity index (χ3v) is 6.69. The van der Waals surface area contributed by atoms with Crippen LogP contribution in [0.2, 0.25) is 0 Å². The molecule has 0 bridgehead atoms. The van der Waals surface area contributed by atoms with Gasteiger partial charge in [-0.15, -0.1) is 5.56 Å². The van der Waals surface area contributed by atoms with Crippen LogP contribution >= 0.6 is 0 Å². The van der Waals surface area contributed by atoms with Gasteiger partial charge in [0.25, 0.3) is 0 Å². The second kappa shape index (κ2) is 10.5. The molecule has 2 fully saturated rings. The third-order valence-electron chi connectivity index (χ3n) is 6.69. The van der Waals surface area contributed by atoms with Crippen molar-refractivity contribution >= 4 is 28.3 Å². The molecular formula is C26H24F4N4O2U. The largest absolute Gasteiger partial charge is 2.00 e. The molecule has 11 heteroatoms. The molecule has 5 rings (SSSR count). The van der Waals surface area contributed by atoms with Crippen molar-refractivity contribution in [1.82, 2.24) is 9.97 Å². The summed E-state index contributed by atoms with van der Waals surface area (Å²) in [5.74, 6) is -0.139. The first kappa shape index (κ1) is 27.8. The van der Waals surface area contributed by atoms with Gasteiger partial charge < -0.3 is 21.9 Å². The summed E-state index contributed by atoms with van der Waals surface area (Å²) in [7, 11) is 0. The summed E-state index contributed by atoms with van der Waals surface area (Å²) in [6.07, 6.45) is -3.72. The Kier molecular flexibility index (Phi) is 7.90. The number of ether oxygens (including phenoxy) is 1. The van der Waals surface area contributed by atoms with E-state index in [1.807, 2.05) is 6.92 Å². The van der Waals surface area contributed by atoms with Crippen molar-refractivity contribution in [2.75, 3.05) is 30.0 Å². The SMILES string of the molecule is [CH2-]CC(C)c1nc(NCc2[c-]c(C(F)(F)F)ccc2)c2cc(N3CC4(COC4)CC3=O)c(F)cc2n1.[U+2]. The van der Waals surface area contributed by atoms with Crippen LogP contribution in [0.3, 0.4) is 0 Å². The van der Waals surface area contributed by atoms with Crippen molar-refractivity contribution < 1.29 is 58.2 Å². The zero-order valence-electron chi connectivity index (χ0n) is 20.1. The van der Waals surface area contributed by atoms with Gasteiger partial charge in [-0.25, -0.2) is 14.4 Å². The molecule has 1 amide bonds. The maximum absolute atomic E-state index is 15.2. The molecule has 1 spiro atoms. The van der Waals surface area contributed by atoms with Gasteiger partial charge in [-0.3, -0.25) is 4.79 Å². The minimum atomic E-state index is -4.51. The fourth-order valence-electron chi connectivity index (χ4n) is 4.51. The summed E-state index contributed by atoms with van der Waals surface area (Å²) in [5, 5.41) is 3.53. The van der Waals surface area contributed by atoms with Crippen LogP contribution in [0.5, 0.6) is 0 Å². The first-order chi connectivity index (χ1) is 17.1. The topological polar surface area (TPSA) is 67.3 Å². The van der Waals surface area contributed by atoms with Crippen LogP contribution in [0.25, 0.3) is 10.9 Å². The minimum absolute atomic E-state index is 0. The average Bonchev–Trinajstić information content (AvgIpc) is 3.19. The van der Waals surface area contributed by atoms with Gasteiger partial charge in [0.15, 0.2) is 0 Å². The maximum atomic E-state index is 15.2. The Morgan fingerprint density at radius 2 is 2.03 bits per heavy atom. The van der Waals surface area contributed by atoms with Gasteiger partial charge in [0.2, 0.25) is 5.91 Å². The van der Waals surface area contributed by atoms with Gasteiger partial charge in [0, 0.05) is 36.4 Å². The van der Waals surface area contributed by atoms with Gasteiger partial charge in [0.1, 0.15) is 17.5 Å². The van der Waals surface area contributed by atoms with E-state index in [2.05, 4.69) is 28.3 Å². The van der Waals surface area contributed by atoms with E-state index in [0.29, 0.717) is 48.7 Å². The van der Waals surface area contributed by atoms with E-state index < -0.39 is 17.6 Å². The Morgan fingerprint density at radius 3 is 2.65 bits per heavy atom. The number of alkyl halides is 3. The fourth-order valence-corrected chi connectivity index (χ4v) is 4.51. The van der Waals surface area contributed by atoms with E-state index in [4.69, 9.17) is 4.74 Å². The van der Waals surface area contributed by atoms with Gasteiger partial charge in [-0.05, 0) is 12.0 Å². The van der Waals surface area contributed by atoms with Crippen molar-refractivity contribution in [1.29, 1.82) is 0 Å². The molecule has 2 aromatic carbocycles. The Balaban J connectivity index is 0.00000320. The summed E-state index contributed by atoms with van der Waals surface area (Å²) in [5.41, 5.74) is -0.432. The summed E-state index contributed by atoms with van der Waals surface area (Å²) in [6.45, 7) is 7.03. The van der Waals surface area contributed by atoms with Crippen LogP contribution in [0, 0.1) is 55.3 Å². The van der Waals surface area contributed by atoms with Crippen molar-refractivity contribution in [3.05, 3.63) is 66.1 Å². The Labute approximate surface area is 235 Å². The van der Waals surface area contributed by atoms with E-state index in [1.54, 1.807) is 0 Å². The number of nitrogens with zero attached hydrogens (tertiary/aromatic N) is 3. The molecule has 1 N–H and O–H groups in total. The Hall–Kier alpha value is -2.22. The van der Waals surface area contributed by atoms with E-state index >= 15 is 4.39 Å². The second-order valence-electron chi connectivity index (χ2n) is 9.53. The number of halogens is 4. The van der Waals surface area contributed by atoms with E-state index in [0.717, 1.165) is 6.07 Å². The van der Waals surface area contributed by atoms with E-state index in [1.165, 1.54) is 29.2 Å². The normalized spacial score (nSPS) is 17.6. The number of nitrogens with one attached hydrogen (secondary N) is 1. The molecule has 1 aromatic heterocycles. The van der Waals surface area contributed by atoms with Crippen LogP contribution in [0.4, 0.5) is 29.1 Å². The number of benzene rings is 2. The molecule has 2 aliphatic rings. The van der Waals surface area contributed by atoms with Gasteiger partial charge in [-0.2, -0.15) is 43.9 Å². The van der Waals surface area contributed by atoms with Crippen molar-refractivity contribution in [3.8, 4) is 0 Å². The zero-order valence-corrected chi connectivity index (χ0v) is 24.2. The van der Waals surface area contributed by atoms with Crippen LogP contribution in [-0.4, -0.2) is 35.6 Å². The molecule has 1 atom stereocenters. The third kappa shape index (κ3) is 5.50. The van der Waals surface area contributed by atoms with Crippen molar-refractivity contribution in [2.45, 2.75) is 38.4 Å². The molecule has 2 saturated heterocycles. The molecule has 2 aliphatic heterocycles. The molecule has 0 aliphatic carbocycles. The molecule has 192 valence electrons. The predicted molar refractivity (Wildman–Crippen MR) is 126 cm³/mol. The smallest absolute Gasteiger partial charge is 0.380 e. The summed E-state index contributed by atoms with van der Waals surface area (Å²) in [4.78, 5) is 23.2. The van der Waals surface area contributed by atoms with Crippen LogP contribution in [0.1, 0.15) is 42.6 Å². The quantitative estimate of drug-likeness (QED) is 0.276. The van der Waals surface area contributed by atoms with Crippen molar-refractivity contribution in [2.24, 2.45) is 5.41 Å². The van der Waals surface area contributed by atoms with Crippen LogP contribution in [0.15, 0.2) is 30.3 Å². The monoisotopic (exact) mass is 738 g/mol. The van der Waals surface area contributed by atoms with Gasteiger partial charge in [0.05, 0.1) is 24.4 Å². The number of amides is 1. The summed E-state index contributed by atoms with van der Waals surface area (Å²) in [6, 6.07) is 8.97. The number of carbonyl (C=O) groups is 1. The molecule has 37 heavy (non-hydrogen) atoms. The zero-order chi connectivity index (χ0) is 25.7. The fraction of sp³-hybridized carbons (Fsp3) is 0.385. The molecule has 0 saturated carbocycles. The number of rotatable bonds is 6. The van der Waals surface area contributed by atoms with Gasteiger partial charge in [-0.1, -0.05) is 12.5 Å². The maximum Gasteiger partial charge on any atom is 2.00 e. The van der Waals surface area contributed by atoms with E-state index in [-0.39, 0.29) is 72.6 Å². The molecule has 3 aromatic rings. The molecule has 1 unspecified atom stereocenters. The molecular weight excluding hydrogens is 714 g/mol. The van der Waals surface area contributed by atoms with Gasteiger partial charge >= 0.3 is 37.3 Å². The number of carbonyl (C=O) groups excluding carboxylic acids is 1. The summed E-state index contributed by atoms with van der Waals surface area (Å²) >= 11 is 0. The molecule has 3 heterocycles. The number of hydrogen-bond acceptors (Lipinski definition) is 5. The molecule has 0 radical (unpaired) electrons. The van der Waals surface area contributed by atoms with E-state index in [9.17, 15) is 18.0 Å². The Morgan fingerprint density at radius 1 is 1.27 bits per heavy atom. The first-order valence-corrected chi connectivity index (χ1v) is 11.6. The number of fused-ring (bicyclic) bond motifs is 1. The summed E-state index contributed by atoms with van der Waals surface area (Å²) < 4.78 is 59.9. The van der Waals surface area contributed by atoms with Crippen LogP contribution < -0.4 is 10.2 Å². The van der Waals surface area contributed by atoms with Crippen molar-refractivity contribution in [3.63, 3.8) is 0 Å². The second-order valence-corrected chi connectivity index (χ2v) is 9.53. The number of aromatic nitrogens is 2. The van der Waals surface area contributed by atoms with Crippen LogP contribution in [-0.2, 0) is 22.3 Å². The molecule has 6 nitrogen and oxygen atoms in total. The Bertz CT molecular complexity index is 1330.